The van der Waals surface area contributed by atoms with Gasteiger partial charge in [0.2, 0.25) is 5.91 Å². The fourth-order valence-corrected chi connectivity index (χ4v) is 3.09. The van der Waals surface area contributed by atoms with Gasteiger partial charge in [-0.05, 0) is 42.5 Å². The Kier molecular flexibility index (Phi) is 6.02. The van der Waals surface area contributed by atoms with Gasteiger partial charge in [0.25, 0.3) is 10.0 Å². The van der Waals surface area contributed by atoms with Crippen LogP contribution in [0, 0.1) is 0 Å². The molecule has 2 rings (SSSR count). The molecule has 0 aliphatic carbocycles. The van der Waals surface area contributed by atoms with E-state index in [9.17, 15) is 18.0 Å². The first kappa shape index (κ1) is 19.1. The number of amides is 3. The lowest BCUT2D eigenvalue weighted by atomic mass is 10.3. The first-order valence-corrected chi connectivity index (χ1v) is 8.88. The summed E-state index contributed by atoms with van der Waals surface area (Å²) in [7, 11) is -2.34. The number of rotatable bonds is 7. The van der Waals surface area contributed by atoms with Crippen molar-refractivity contribution in [1.82, 2.24) is 5.32 Å². The summed E-state index contributed by atoms with van der Waals surface area (Å²) in [6.07, 6.45) is 0. The Morgan fingerprint density at radius 2 is 1.77 bits per heavy atom. The van der Waals surface area contributed by atoms with Crippen LogP contribution in [0.15, 0.2) is 53.4 Å². The molecule has 2 aromatic carbocycles. The van der Waals surface area contributed by atoms with E-state index in [4.69, 9.17) is 10.5 Å². The minimum atomic E-state index is -3.85. The van der Waals surface area contributed by atoms with E-state index in [2.05, 4.69) is 15.4 Å². The van der Waals surface area contributed by atoms with Crippen LogP contribution in [0.25, 0.3) is 0 Å². The molecule has 5 N–H and O–H groups in total. The van der Waals surface area contributed by atoms with Gasteiger partial charge in [-0.15, -0.1) is 0 Å². The van der Waals surface area contributed by atoms with Crippen molar-refractivity contribution in [2.75, 3.05) is 23.7 Å². The molecule has 26 heavy (non-hydrogen) atoms. The number of carbonyl (C=O) groups is 2. The predicted octanol–water partition coefficient (Wildman–Crippen LogP) is 1.10. The number of nitrogens with two attached hydrogens (primary N) is 1. The first-order chi connectivity index (χ1) is 12.3. The van der Waals surface area contributed by atoms with E-state index >= 15 is 0 Å². The topological polar surface area (TPSA) is 140 Å². The molecule has 3 amide bonds. The van der Waals surface area contributed by atoms with Crippen LogP contribution in [0.3, 0.4) is 0 Å². The summed E-state index contributed by atoms with van der Waals surface area (Å²) in [6, 6.07) is 11.3. The molecular formula is C16H18N4O5S. The molecular weight excluding hydrogens is 360 g/mol. The average Bonchev–Trinajstić information content (AvgIpc) is 2.60. The standard InChI is InChI=1S/C16H18N4O5S/c1-25-13-7-5-11(6-8-13)20-26(23,24)14-4-2-3-12(9-14)19-15(21)10-18-16(17)22/h2-9,20H,10H2,1H3,(H,19,21)(H3,17,18,22). The molecule has 0 aliphatic rings. The molecule has 0 saturated heterocycles. The lowest BCUT2D eigenvalue weighted by Crippen LogP contribution is -2.36. The van der Waals surface area contributed by atoms with E-state index < -0.39 is 22.0 Å². The fourth-order valence-electron chi connectivity index (χ4n) is 1.99. The highest BCUT2D eigenvalue weighted by Crippen LogP contribution is 2.21. The van der Waals surface area contributed by atoms with Gasteiger partial charge in [-0.1, -0.05) is 6.07 Å². The molecule has 0 radical (unpaired) electrons. The van der Waals surface area contributed by atoms with Gasteiger partial charge in [-0.2, -0.15) is 0 Å². The van der Waals surface area contributed by atoms with Gasteiger partial charge in [-0.3, -0.25) is 9.52 Å². The maximum absolute atomic E-state index is 12.5. The van der Waals surface area contributed by atoms with Crippen molar-refractivity contribution in [3.05, 3.63) is 48.5 Å². The highest BCUT2D eigenvalue weighted by atomic mass is 32.2. The number of nitrogens with one attached hydrogen (secondary N) is 3. The molecule has 0 aliphatic heterocycles. The minimum Gasteiger partial charge on any atom is -0.497 e. The van der Waals surface area contributed by atoms with Crippen LogP contribution < -0.4 is 25.8 Å². The third-order valence-corrected chi connectivity index (χ3v) is 4.57. The fraction of sp³-hybridized carbons (Fsp3) is 0.125. The number of carbonyl (C=O) groups excluding carboxylic acids is 2. The summed E-state index contributed by atoms with van der Waals surface area (Å²) in [4.78, 5) is 22.2. The Bertz CT molecular complexity index is 897. The number of anilines is 2. The largest absolute Gasteiger partial charge is 0.497 e. The summed E-state index contributed by atoms with van der Waals surface area (Å²) in [6.45, 7) is -0.323. The number of ether oxygens (including phenoxy) is 1. The van der Waals surface area contributed by atoms with Crippen molar-refractivity contribution in [1.29, 1.82) is 0 Å². The molecule has 9 nitrogen and oxygen atoms in total. The Morgan fingerprint density at radius 1 is 1.08 bits per heavy atom. The Hall–Kier alpha value is -3.27. The zero-order valence-electron chi connectivity index (χ0n) is 13.9. The smallest absolute Gasteiger partial charge is 0.312 e. The van der Waals surface area contributed by atoms with Crippen molar-refractivity contribution >= 4 is 33.3 Å². The summed E-state index contributed by atoms with van der Waals surface area (Å²) in [5.41, 5.74) is 5.51. The Morgan fingerprint density at radius 3 is 2.38 bits per heavy atom. The predicted molar refractivity (Wildman–Crippen MR) is 96.5 cm³/mol. The molecule has 138 valence electrons. The first-order valence-electron chi connectivity index (χ1n) is 7.40. The van der Waals surface area contributed by atoms with E-state index in [0.29, 0.717) is 11.4 Å². The number of urea groups is 1. The second-order valence-corrected chi connectivity index (χ2v) is 6.81. The van der Waals surface area contributed by atoms with E-state index in [1.807, 2.05) is 0 Å². The number of benzene rings is 2. The van der Waals surface area contributed by atoms with Gasteiger partial charge in [0.1, 0.15) is 5.75 Å². The Balaban J connectivity index is 2.11. The average molecular weight is 378 g/mol. The van der Waals surface area contributed by atoms with Crippen LogP contribution >= 0.6 is 0 Å². The van der Waals surface area contributed by atoms with Crippen molar-refractivity contribution < 1.29 is 22.7 Å². The van der Waals surface area contributed by atoms with E-state index in [1.165, 1.54) is 31.4 Å². The molecule has 2 aromatic rings. The number of sulfonamides is 1. The van der Waals surface area contributed by atoms with Crippen LogP contribution in [-0.2, 0) is 14.8 Å². The normalized spacial score (nSPS) is 10.7. The molecule has 0 heterocycles. The lowest BCUT2D eigenvalue weighted by Gasteiger charge is -2.11. The molecule has 0 saturated carbocycles. The molecule has 0 spiro atoms. The van der Waals surface area contributed by atoms with Crippen LogP contribution in [0.1, 0.15) is 0 Å². The summed E-state index contributed by atoms with van der Waals surface area (Å²) in [5.74, 6) is 0.0590. The van der Waals surface area contributed by atoms with Crippen molar-refractivity contribution in [2.45, 2.75) is 4.90 Å². The SMILES string of the molecule is COc1ccc(NS(=O)(=O)c2cccc(NC(=O)CNC(N)=O)c2)cc1. The van der Waals surface area contributed by atoms with Crippen LogP contribution in [0.5, 0.6) is 5.75 Å². The highest BCUT2D eigenvalue weighted by Gasteiger charge is 2.15. The second kappa shape index (κ2) is 8.21. The molecule has 0 aromatic heterocycles. The van der Waals surface area contributed by atoms with Gasteiger partial charge >= 0.3 is 6.03 Å². The number of hydrogen-bond donors (Lipinski definition) is 4. The van der Waals surface area contributed by atoms with Gasteiger partial charge in [-0.25, -0.2) is 13.2 Å². The van der Waals surface area contributed by atoms with E-state index in [-0.39, 0.29) is 17.1 Å². The minimum absolute atomic E-state index is 0.0334. The van der Waals surface area contributed by atoms with Gasteiger partial charge in [0.15, 0.2) is 0 Å². The highest BCUT2D eigenvalue weighted by molar-refractivity contribution is 7.92. The van der Waals surface area contributed by atoms with Gasteiger partial charge in [0, 0.05) is 11.4 Å². The van der Waals surface area contributed by atoms with Gasteiger partial charge < -0.3 is 21.1 Å². The quantitative estimate of drug-likeness (QED) is 0.571. The maximum Gasteiger partial charge on any atom is 0.312 e. The maximum atomic E-state index is 12.5. The number of methoxy groups -OCH3 is 1. The summed E-state index contributed by atoms with van der Waals surface area (Å²) in [5, 5.41) is 4.61. The van der Waals surface area contributed by atoms with Crippen molar-refractivity contribution in [3.63, 3.8) is 0 Å². The second-order valence-electron chi connectivity index (χ2n) is 5.13. The lowest BCUT2D eigenvalue weighted by molar-refractivity contribution is -0.115. The molecule has 0 unspecified atom stereocenters. The van der Waals surface area contributed by atoms with Gasteiger partial charge in [0.05, 0.1) is 18.6 Å². The van der Waals surface area contributed by atoms with E-state index in [0.717, 1.165) is 0 Å². The van der Waals surface area contributed by atoms with Crippen molar-refractivity contribution in [2.24, 2.45) is 5.73 Å². The monoisotopic (exact) mass is 378 g/mol. The van der Waals surface area contributed by atoms with Crippen LogP contribution in [-0.4, -0.2) is 34.0 Å². The Labute approximate surface area is 150 Å². The van der Waals surface area contributed by atoms with E-state index in [1.54, 1.807) is 24.3 Å². The number of hydrogen-bond acceptors (Lipinski definition) is 5. The molecule has 0 bridgehead atoms. The van der Waals surface area contributed by atoms with Crippen LogP contribution in [0.2, 0.25) is 0 Å². The molecule has 0 fully saturated rings. The summed E-state index contributed by atoms with van der Waals surface area (Å²) < 4.78 is 32.4. The zero-order chi connectivity index (χ0) is 19.2. The van der Waals surface area contributed by atoms with Crippen molar-refractivity contribution in [3.8, 4) is 5.75 Å². The number of primary amides is 1. The van der Waals surface area contributed by atoms with Crippen LogP contribution in [0.4, 0.5) is 16.2 Å². The summed E-state index contributed by atoms with van der Waals surface area (Å²) >= 11 is 0. The zero-order valence-corrected chi connectivity index (χ0v) is 14.7. The third kappa shape index (κ3) is 5.38. The molecule has 0 atom stereocenters. The molecule has 10 heteroatoms. The third-order valence-electron chi connectivity index (χ3n) is 3.19.